The Hall–Kier alpha value is -2.56. The summed E-state index contributed by atoms with van der Waals surface area (Å²) < 4.78 is 18.7. The Labute approximate surface area is 122 Å². The van der Waals surface area contributed by atoms with Gasteiger partial charge in [0.2, 0.25) is 0 Å². The number of ether oxygens (including phenoxy) is 1. The van der Waals surface area contributed by atoms with E-state index in [9.17, 15) is 9.18 Å². The second-order valence-electron chi connectivity index (χ2n) is 4.73. The van der Waals surface area contributed by atoms with Gasteiger partial charge in [-0.3, -0.25) is 4.79 Å². The number of anilines is 1. The molecule has 2 aromatic rings. The lowest BCUT2D eigenvalue weighted by Gasteiger charge is -2.12. The van der Waals surface area contributed by atoms with Crippen molar-refractivity contribution in [2.45, 2.75) is 13.5 Å². The molecule has 0 saturated carbocycles. The molecule has 0 aliphatic rings. The van der Waals surface area contributed by atoms with Crippen LogP contribution in [0.3, 0.4) is 0 Å². The molecule has 110 valence electrons. The van der Waals surface area contributed by atoms with Gasteiger partial charge in [-0.2, -0.15) is 0 Å². The predicted octanol–water partition coefficient (Wildman–Crippen LogP) is 2.85. The number of carbonyl (C=O) groups is 1. The van der Waals surface area contributed by atoms with Crippen LogP contribution in [0.5, 0.6) is 5.75 Å². The summed E-state index contributed by atoms with van der Waals surface area (Å²) in [5.74, 6) is -0.643. The van der Waals surface area contributed by atoms with Crippen LogP contribution in [0.15, 0.2) is 36.4 Å². The van der Waals surface area contributed by atoms with E-state index in [-0.39, 0.29) is 5.56 Å². The number of primary amides is 1. The maximum Gasteiger partial charge on any atom is 0.251 e. The average molecular weight is 288 g/mol. The van der Waals surface area contributed by atoms with E-state index in [0.29, 0.717) is 12.2 Å². The maximum absolute atomic E-state index is 13.4. The second-order valence-corrected chi connectivity index (χ2v) is 4.73. The van der Waals surface area contributed by atoms with E-state index in [0.717, 1.165) is 16.9 Å². The quantitative estimate of drug-likeness (QED) is 0.889. The van der Waals surface area contributed by atoms with Crippen molar-refractivity contribution in [1.29, 1.82) is 0 Å². The highest BCUT2D eigenvalue weighted by atomic mass is 19.1. The van der Waals surface area contributed by atoms with Gasteiger partial charge < -0.3 is 15.8 Å². The highest BCUT2D eigenvalue weighted by molar-refractivity contribution is 5.94. The Bertz CT molecular complexity index is 671. The number of nitrogens with one attached hydrogen (secondary N) is 1. The molecule has 0 atom stereocenters. The minimum absolute atomic E-state index is 0.129. The molecule has 0 aliphatic carbocycles. The highest BCUT2D eigenvalue weighted by Crippen LogP contribution is 2.22. The molecular formula is C16H17FN2O2. The number of benzene rings is 2. The third kappa shape index (κ3) is 3.51. The molecule has 0 heterocycles. The molecule has 2 rings (SSSR count). The van der Waals surface area contributed by atoms with Gasteiger partial charge in [-0.15, -0.1) is 0 Å². The van der Waals surface area contributed by atoms with Gasteiger partial charge in [0.05, 0.1) is 12.7 Å². The van der Waals surface area contributed by atoms with Gasteiger partial charge in [0.25, 0.3) is 5.91 Å². The van der Waals surface area contributed by atoms with Crippen LogP contribution in [0.1, 0.15) is 21.5 Å². The Morgan fingerprint density at radius 1 is 1.29 bits per heavy atom. The summed E-state index contributed by atoms with van der Waals surface area (Å²) in [5, 5.41) is 3.13. The first-order valence-electron chi connectivity index (χ1n) is 6.48. The predicted molar refractivity (Wildman–Crippen MR) is 80.0 cm³/mol. The number of rotatable bonds is 5. The molecule has 0 bridgehead atoms. The van der Waals surface area contributed by atoms with Crippen LogP contribution < -0.4 is 15.8 Å². The number of amides is 1. The van der Waals surface area contributed by atoms with Crippen molar-refractivity contribution in [2.75, 3.05) is 12.4 Å². The van der Waals surface area contributed by atoms with Crippen molar-refractivity contribution >= 4 is 11.6 Å². The smallest absolute Gasteiger partial charge is 0.251 e. The fourth-order valence-corrected chi connectivity index (χ4v) is 2.07. The zero-order valence-corrected chi connectivity index (χ0v) is 11.9. The molecule has 21 heavy (non-hydrogen) atoms. The molecule has 5 heteroatoms. The number of halogens is 1. The van der Waals surface area contributed by atoms with Gasteiger partial charge in [-0.05, 0) is 31.2 Å². The number of nitrogens with two attached hydrogens (primary N) is 1. The molecule has 0 unspecified atom stereocenters. The SMILES string of the molecule is COc1ccc(C)cc1CNc1ccc(F)c(C(N)=O)c1. The minimum atomic E-state index is -0.788. The standard InChI is InChI=1S/C16H17FN2O2/c1-10-3-6-15(21-2)11(7-10)9-19-12-4-5-14(17)13(8-12)16(18)20/h3-8,19H,9H2,1-2H3,(H2,18,20). The van der Waals surface area contributed by atoms with Crippen molar-refractivity contribution in [3.63, 3.8) is 0 Å². The van der Waals surface area contributed by atoms with Crippen molar-refractivity contribution in [2.24, 2.45) is 5.73 Å². The van der Waals surface area contributed by atoms with Gasteiger partial charge >= 0.3 is 0 Å². The summed E-state index contributed by atoms with van der Waals surface area (Å²) in [4.78, 5) is 11.1. The minimum Gasteiger partial charge on any atom is -0.496 e. The van der Waals surface area contributed by atoms with Crippen molar-refractivity contribution in [3.05, 3.63) is 58.9 Å². The fraction of sp³-hybridized carbons (Fsp3) is 0.188. The maximum atomic E-state index is 13.4. The Balaban J connectivity index is 2.19. The summed E-state index contributed by atoms with van der Waals surface area (Å²) in [5.41, 5.74) is 7.71. The number of hydrogen-bond donors (Lipinski definition) is 2. The zero-order chi connectivity index (χ0) is 15.4. The van der Waals surface area contributed by atoms with Crippen LogP contribution >= 0.6 is 0 Å². The third-order valence-electron chi connectivity index (χ3n) is 3.15. The lowest BCUT2D eigenvalue weighted by Crippen LogP contribution is -2.13. The monoisotopic (exact) mass is 288 g/mol. The highest BCUT2D eigenvalue weighted by Gasteiger charge is 2.09. The molecular weight excluding hydrogens is 271 g/mol. The molecule has 0 fully saturated rings. The van der Waals surface area contributed by atoms with E-state index in [2.05, 4.69) is 5.32 Å². The first-order chi connectivity index (χ1) is 10.0. The molecule has 4 nitrogen and oxygen atoms in total. The lowest BCUT2D eigenvalue weighted by molar-refractivity contribution is 0.0996. The van der Waals surface area contributed by atoms with Crippen LogP contribution in [0.2, 0.25) is 0 Å². The number of carbonyl (C=O) groups excluding carboxylic acids is 1. The molecule has 0 saturated heterocycles. The topological polar surface area (TPSA) is 64.3 Å². The molecule has 0 aromatic heterocycles. The van der Waals surface area contributed by atoms with Gasteiger partial charge in [0.15, 0.2) is 0 Å². The van der Waals surface area contributed by atoms with Crippen molar-refractivity contribution < 1.29 is 13.9 Å². The molecule has 1 amide bonds. The van der Waals surface area contributed by atoms with Crippen LogP contribution in [0, 0.1) is 12.7 Å². The first kappa shape index (κ1) is 14.8. The van der Waals surface area contributed by atoms with E-state index in [1.807, 2.05) is 25.1 Å². The second kappa shape index (κ2) is 6.26. The molecule has 0 spiro atoms. The van der Waals surface area contributed by atoms with E-state index < -0.39 is 11.7 Å². The van der Waals surface area contributed by atoms with E-state index in [1.54, 1.807) is 13.2 Å². The first-order valence-corrected chi connectivity index (χ1v) is 6.48. The summed E-state index contributed by atoms with van der Waals surface area (Å²) in [6.45, 7) is 2.49. The Morgan fingerprint density at radius 3 is 2.71 bits per heavy atom. The largest absolute Gasteiger partial charge is 0.496 e. The van der Waals surface area contributed by atoms with Crippen molar-refractivity contribution in [3.8, 4) is 5.75 Å². The van der Waals surface area contributed by atoms with Crippen molar-refractivity contribution in [1.82, 2.24) is 0 Å². The zero-order valence-electron chi connectivity index (χ0n) is 11.9. The molecule has 0 radical (unpaired) electrons. The lowest BCUT2D eigenvalue weighted by atomic mass is 10.1. The summed E-state index contributed by atoms with van der Waals surface area (Å²) in [6.07, 6.45) is 0. The molecule has 2 aromatic carbocycles. The van der Waals surface area contributed by atoms with Gasteiger partial charge in [0.1, 0.15) is 11.6 Å². The van der Waals surface area contributed by atoms with E-state index >= 15 is 0 Å². The van der Waals surface area contributed by atoms with Crippen LogP contribution in [0.4, 0.5) is 10.1 Å². The van der Waals surface area contributed by atoms with E-state index in [1.165, 1.54) is 12.1 Å². The van der Waals surface area contributed by atoms with Crippen LogP contribution in [-0.4, -0.2) is 13.0 Å². The number of hydrogen-bond acceptors (Lipinski definition) is 3. The fourth-order valence-electron chi connectivity index (χ4n) is 2.07. The molecule has 0 aliphatic heterocycles. The van der Waals surface area contributed by atoms with Crippen LogP contribution in [-0.2, 0) is 6.54 Å². The van der Waals surface area contributed by atoms with Crippen LogP contribution in [0.25, 0.3) is 0 Å². The molecule has 3 N–H and O–H groups in total. The number of methoxy groups -OCH3 is 1. The summed E-state index contributed by atoms with van der Waals surface area (Å²) >= 11 is 0. The summed E-state index contributed by atoms with van der Waals surface area (Å²) in [7, 11) is 1.61. The number of aryl methyl sites for hydroxylation is 1. The van der Waals surface area contributed by atoms with E-state index in [4.69, 9.17) is 10.5 Å². The van der Waals surface area contributed by atoms with Gasteiger partial charge in [-0.25, -0.2) is 4.39 Å². The van der Waals surface area contributed by atoms with Gasteiger partial charge in [-0.1, -0.05) is 17.7 Å². The average Bonchev–Trinajstić information content (AvgIpc) is 2.46. The Morgan fingerprint density at radius 2 is 2.05 bits per heavy atom. The Kier molecular flexibility index (Phi) is 4.42. The third-order valence-corrected chi connectivity index (χ3v) is 3.15. The summed E-state index contributed by atoms with van der Waals surface area (Å²) in [6, 6.07) is 10.0. The normalized spacial score (nSPS) is 10.2. The van der Waals surface area contributed by atoms with Gasteiger partial charge in [0, 0.05) is 17.8 Å².